The third-order valence-electron chi connectivity index (χ3n) is 2.77. The number of ketones is 1. The fourth-order valence-corrected chi connectivity index (χ4v) is 2.70. The molecule has 1 aromatic rings. The number of Topliss-reactive ketones (excluding diaryl/α,β-unsaturated/α-hetero) is 1. The second kappa shape index (κ2) is 4.90. The molecule has 0 bridgehead atoms. The summed E-state index contributed by atoms with van der Waals surface area (Å²) in [5.74, 6) is 0.125. The zero-order valence-electron chi connectivity index (χ0n) is 8.99. The first-order valence-electron chi connectivity index (χ1n) is 5.47. The molecule has 15 heavy (non-hydrogen) atoms. The Morgan fingerprint density at radius 2 is 2.20 bits per heavy atom. The third kappa shape index (κ3) is 2.89. The van der Waals surface area contributed by atoms with Crippen LogP contribution >= 0.6 is 11.3 Å². The maximum atomic E-state index is 11.7. The number of ether oxygens (including phenoxy) is 1. The molecule has 0 saturated heterocycles. The summed E-state index contributed by atoms with van der Waals surface area (Å²) in [6, 6.07) is 3.87. The van der Waals surface area contributed by atoms with E-state index >= 15 is 0 Å². The maximum Gasteiger partial charge on any atom is 0.198 e. The van der Waals surface area contributed by atoms with E-state index < -0.39 is 0 Å². The fraction of sp³-hybridized carbons (Fsp3) is 0.583. The summed E-state index contributed by atoms with van der Waals surface area (Å²) in [4.78, 5) is 13.7. The molecule has 0 aliphatic heterocycles. The highest BCUT2D eigenvalue weighted by molar-refractivity contribution is 7.14. The van der Waals surface area contributed by atoms with Crippen molar-refractivity contribution in [3.8, 4) is 0 Å². The Morgan fingerprint density at radius 1 is 1.47 bits per heavy atom. The zero-order chi connectivity index (χ0) is 10.7. The SMILES string of the molecule is Cc1ccc(C(=O)COC2CCCC2)s1. The molecule has 1 aliphatic rings. The molecule has 82 valence electrons. The largest absolute Gasteiger partial charge is 0.370 e. The van der Waals surface area contributed by atoms with Gasteiger partial charge < -0.3 is 4.74 Å². The number of aryl methyl sites for hydroxylation is 1. The van der Waals surface area contributed by atoms with Crippen molar-refractivity contribution in [3.63, 3.8) is 0 Å². The minimum absolute atomic E-state index is 0.125. The monoisotopic (exact) mass is 224 g/mol. The molecule has 1 heterocycles. The zero-order valence-corrected chi connectivity index (χ0v) is 9.81. The van der Waals surface area contributed by atoms with Crippen LogP contribution in [0, 0.1) is 6.92 Å². The van der Waals surface area contributed by atoms with Crippen LogP contribution in [-0.2, 0) is 4.74 Å². The van der Waals surface area contributed by atoms with Crippen LogP contribution < -0.4 is 0 Å². The first kappa shape index (κ1) is 10.8. The Morgan fingerprint density at radius 3 is 2.80 bits per heavy atom. The van der Waals surface area contributed by atoms with Gasteiger partial charge >= 0.3 is 0 Å². The summed E-state index contributed by atoms with van der Waals surface area (Å²) in [5, 5.41) is 0. The van der Waals surface area contributed by atoms with Gasteiger partial charge in [-0.25, -0.2) is 0 Å². The van der Waals surface area contributed by atoms with Crippen molar-refractivity contribution >= 4 is 17.1 Å². The third-order valence-corrected chi connectivity index (χ3v) is 3.81. The van der Waals surface area contributed by atoms with E-state index in [1.807, 2.05) is 19.1 Å². The van der Waals surface area contributed by atoms with Gasteiger partial charge in [-0.05, 0) is 31.9 Å². The number of carbonyl (C=O) groups is 1. The number of hydrogen-bond donors (Lipinski definition) is 0. The van der Waals surface area contributed by atoms with Crippen LogP contribution in [0.1, 0.15) is 40.2 Å². The molecule has 0 atom stereocenters. The van der Waals surface area contributed by atoms with E-state index in [-0.39, 0.29) is 12.4 Å². The topological polar surface area (TPSA) is 26.3 Å². The molecule has 1 fully saturated rings. The van der Waals surface area contributed by atoms with E-state index in [0.29, 0.717) is 6.10 Å². The van der Waals surface area contributed by atoms with E-state index in [4.69, 9.17) is 4.74 Å². The second-order valence-electron chi connectivity index (χ2n) is 4.05. The van der Waals surface area contributed by atoms with Gasteiger partial charge in [-0.15, -0.1) is 11.3 Å². The first-order valence-corrected chi connectivity index (χ1v) is 6.28. The highest BCUT2D eigenvalue weighted by Gasteiger charge is 2.17. The van der Waals surface area contributed by atoms with Crippen molar-refractivity contribution in [1.29, 1.82) is 0 Å². The van der Waals surface area contributed by atoms with Gasteiger partial charge in [0.05, 0.1) is 11.0 Å². The minimum atomic E-state index is 0.125. The van der Waals surface area contributed by atoms with Crippen LogP contribution in [0.2, 0.25) is 0 Å². The summed E-state index contributed by atoms with van der Waals surface area (Å²) in [7, 11) is 0. The van der Waals surface area contributed by atoms with Crippen molar-refractivity contribution in [2.24, 2.45) is 0 Å². The highest BCUT2D eigenvalue weighted by Crippen LogP contribution is 2.22. The standard InChI is InChI=1S/C12H16O2S/c1-9-6-7-12(15-9)11(13)8-14-10-4-2-3-5-10/h6-7,10H,2-5,8H2,1H3. The molecule has 0 radical (unpaired) electrons. The normalized spacial score (nSPS) is 17.1. The van der Waals surface area contributed by atoms with Gasteiger partial charge in [0.25, 0.3) is 0 Å². The van der Waals surface area contributed by atoms with Crippen LogP contribution in [0.5, 0.6) is 0 Å². The Labute approximate surface area is 94.3 Å². The van der Waals surface area contributed by atoms with Gasteiger partial charge in [0, 0.05) is 4.88 Å². The molecule has 1 aromatic heterocycles. The molecule has 3 heteroatoms. The Bertz CT molecular complexity index is 337. The van der Waals surface area contributed by atoms with Gasteiger partial charge in [-0.2, -0.15) is 0 Å². The quantitative estimate of drug-likeness (QED) is 0.734. The van der Waals surface area contributed by atoms with E-state index in [0.717, 1.165) is 17.7 Å². The number of carbonyl (C=O) groups excluding carboxylic acids is 1. The number of rotatable bonds is 4. The number of hydrogen-bond acceptors (Lipinski definition) is 3. The lowest BCUT2D eigenvalue weighted by atomic mass is 10.3. The van der Waals surface area contributed by atoms with Crippen LogP contribution in [0.25, 0.3) is 0 Å². The second-order valence-corrected chi connectivity index (χ2v) is 5.34. The average Bonchev–Trinajstić information content (AvgIpc) is 2.84. The Hall–Kier alpha value is -0.670. The molecule has 1 saturated carbocycles. The smallest absolute Gasteiger partial charge is 0.198 e. The average molecular weight is 224 g/mol. The summed E-state index contributed by atoms with van der Waals surface area (Å²) in [6.07, 6.45) is 5.07. The van der Waals surface area contributed by atoms with E-state index in [1.165, 1.54) is 17.7 Å². The van der Waals surface area contributed by atoms with E-state index in [9.17, 15) is 4.79 Å². The van der Waals surface area contributed by atoms with Gasteiger partial charge in [0.1, 0.15) is 6.61 Å². The summed E-state index contributed by atoms with van der Waals surface area (Å²) < 4.78 is 5.59. The molecule has 0 N–H and O–H groups in total. The summed E-state index contributed by atoms with van der Waals surface area (Å²) in [5.41, 5.74) is 0. The molecule has 1 aliphatic carbocycles. The van der Waals surface area contributed by atoms with E-state index in [2.05, 4.69) is 0 Å². The summed E-state index contributed by atoms with van der Waals surface area (Å²) >= 11 is 1.55. The van der Waals surface area contributed by atoms with Crippen LogP contribution in [0.4, 0.5) is 0 Å². The van der Waals surface area contributed by atoms with Crippen molar-refractivity contribution in [1.82, 2.24) is 0 Å². The van der Waals surface area contributed by atoms with Gasteiger partial charge in [0.15, 0.2) is 5.78 Å². The van der Waals surface area contributed by atoms with E-state index in [1.54, 1.807) is 11.3 Å². The summed E-state index contributed by atoms with van der Waals surface area (Å²) in [6.45, 7) is 2.27. The van der Waals surface area contributed by atoms with Gasteiger partial charge in [-0.1, -0.05) is 12.8 Å². The van der Waals surface area contributed by atoms with Crippen LogP contribution in [0.3, 0.4) is 0 Å². The minimum Gasteiger partial charge on any atom is -0.370 e. The van der Waals surface area contributed by atoms with Crippen molar-refractivity contribution in [2.45, 2.75) is 38.7 Å². The molecule has 0 unspecified atom stereocenters. The van der Waals surface area contributed by atoms with Crippen molar-refractivity contribution < 1.29 is 9.53 Å². The first-order chi connectivity index (χ1) is 7.25. The Balaban J connectivity index is 1.81. The van der Waals surface area contributed by atoms with Crippen LogP contribution in [0.15, 0.2) is 12.1 Å². The predicted molar refractivity (Wildman–Crippen MR) is 61.6 cm³/mol. The molecule has 2 nitrogen and oxygen atoms in total. The lowest BCUT2D eigenvalue weighted by Gasteiger charge is -2.09. The van der Waals surface area contributed by atoms with Gasteiger partial charge in [-0.3, -0.25) is 4.79 Å². The molecular formula is C12H16O2S. The molecular weight excluding hydrogens is 208 g/mol. The highest BCUT2D eigenvalue weighted by atomic mass is 32.1. The molecule has 2 rings (SSSR count). The lowest BCUT2D eigenvalue weighted by Crippen LogP contribution is -2.14. The fourth-order valence-electron chi connectivity index (χ4n) is 1.90. The Kier molecular flexibility index (Phi) is 3.54. The lowest BCUT2D eigenvalue weighted by molar-refractivity contribution is 0.0485. The maximum absolute atomic E-state index is 11.7. The predicted octanol–water partition coefficient (Wildman–Crippen LogP) is 3.20. The van der Waals surface area contributed by atoms with Crippen molar-refractivity contribution in [2.75, 3.05) is 6.61 Å². The number of thiophene rings is 1. The molecule has 0 spiro atoms. The molecule has 0 aromatic carbocycles. The van der Waals surface area contributed by atoms with Gasteiger partial charge in [0.2, 0.25) is 0 Å². The van der Waals surface area contributed by atoms with Crippen LogP contribution in [-0.4, -0.2) is 18.5 Å². The van der Waals surface area contributed by atoms with Crippen molar-refractivity contribution in [3.05, 3.63) is 21.9 Å². The molecule has 0 amide bonds.